The van der Waals surface area contributed by atoms with Crippen molar-refractivity contribution in [2.45, 2.75) is 6.92 Å². The number of nitriles is 1. The summed E-state index contributed by atoms with van der Waals surface area (Å²) < 4.78 is 0. The van der Waals surface area contributed by atoms with Crippen LogP contribution in [0.2, 0.25) is 0 Å². The van der Waals surface area contributed by atoms with Gasteiger partial charge in [0.05, 0.1) is 18.1 Å². The van der Waals surface area contributed by atoms with Gasteiger partial charge in [-0.05, 0) is 6.92 Å². The van der Waals surface area contributed by atoms with E-state index >= 15 is 0 Å². The summed E-state index contributed by atoms with van der Waals surface area (Å²) >= 11 is 0. The van der Waals surface area contributed by atoms with E-state index in [-0.39, 0.29) is 0 Å². The van der Waals surface area contributed by atoms with Crippen LogP contribution in [0.5, 0.6) is 0 Å². The third-order valence-electron chi connectivity index (χ3n) is 1.82. The number of hydrogen-bond acceptors (Lipinski definition) is 5. The molecule has 15 heavy (non-hydrogen) atoms. The largest absolute Gasteiger partial charge is 0.324 e. The summed E-state index contributed by atoms with van der Waals surface area (Å²) in [6.07, 6.45) is 3.14. The van der Waals surface area contributed by atoms with Gasteiger partial charge < -0.3 is 5.32 Å². The van der Waals surface area contributed by atoms with Crippen molar-refractivity contribution in [1.29, 1.82) is 5.26 Å². The van der Waals surface area contributed by atoms with Crippen LogP contribution in [0.3, 0.4) is 0 Å². The molecule has 0 unspecified atom stereocenters. The summed E-state index contributed by atoms with van der Waals surface area (Å²) in [7, 11) is 0. The molecule has 0 fully saturated rings. The summed E-state index contributed by atoms with van der Waals surface area (Å²) in [6.45, 7) is 1.74. The zero-order chi connectivity index (χ0) is 10.7. The Bertz CT molecular complexity index is 496. The molecule has 0 radical (unpaired) electrons. The van der Waals surface area contributed by atoms with Crippen LogP contribution in [0.15, 0.2) is 18.5 Å². The highest BCUT2D eigenvalue weighted by Gasteiger charge is 2.02. The van der Waals surface area contributed by atoms with Crippen molar-refractivity contribution in [3.05, 3.63) is 29.8 Å². The van der Waals surface area contributed by atoms with Gasteiger partial charge in [0.1, 0.15) is 17.7 Å². The molecule has 6 nitrogen and oxygen atoms in total. The molecule has 0 aliphatic rings. The first-order valence-corrected chi connectivity index (χ1v) is 4.30. The molecule has 0 amide bonds. The topological polar surface area (TPSA) is 90.3 Å². The third-order valence-corrected chi connectivity index (χ3v) is 1.82. The van der Waals surface area contributed by atoms with Crippen LogP contribution in [-0.4, -0.2) is 20.2 Å². The second-order valence-corrected chi connectivity index (χ2v) is 2.90. The SMILES string of the molecule is Cc1nc(Nc2ccn[nH]2)cnc1C#N. The van der Waals surface area contributed by atoms with Gasteiger partial charge in [-0.2, -0.15) is 10.4 Å². The first kappa shape index (κ1) is 9.15. The van der Waals surface area contributed by atoms with Crippen LogP contribution in [0.4, 0.5) is 11.6 Å². The Hall–Kier alpha value is -2.42. The van der Waals surface area contributed by atoms with E-state index in [4.69, 9.17) is 5.26 Å². The number of aryl methyl sites for hydroxylation is 1. The Labute approximate surface area is 86.0 Å². The highest BCUT2D eigenvalue weighted by Crippen LogP contribution is 2.11. The fourth-order valence-electron chi connectivity index (χ4n) is 1.12. The van der Waals surface area contributed by atoms with E-state index in [0.717, 1.165) is 5.82 Å². The lowest BCUT2D eigenvalue weighted by Gasteiger charge is -2.03. The predicted octanol–water partition coefficient (Wildman–Crippen LogP) is 1.12. The van der Waals surface area contributed by atoms with Crippen molar-refractivity contribution in [3.63, 3.8) is 0 Å². The van der Waals surface area contributed by atoms with E-state index in [1.165, 1.54) is 6.20 Å². The molecule has 0 saturated carbocycles. The number of aromatic amines is 1. The number of hydrogen-bond donors (Lipinski definition) is 2. The summed E-state index contributed by atoms with van der Waals surface area (Å²) in [4.78, 5) is 8.13. The van der Waals surface area contributed by atoms with Crippen molar-refractivity contribution in [2.75, 3.05) is 5.32 Å². The molecule has 0 aliphatic heterocycles. The van der Waals surface area contributed by atoms with Gasteiger partial charge in [0, 0.05) is 6.07 Å². The zero-order valence-corrected chi connectivity index (χ0v) is 8.02. The summed E-state index contributed by atoms with van der Waals surface area (Å²) in [5.41, 5.74) is 0.937. The van der Waals surface area contributed by atoms with Gasteiger partial charge in [-0.15, -0.1) is 0 Å². The Morgan fingerprint density at radius 2 is 2.40 bits per heavy atom. The number of aromatic nitrogens is 4. The molecule has 74 valence electrons. The average molecular weight is 200 g/mol. The van der Waals surface area contributed by atoms with E-state index in [2.05, 4.69) is 25.5 Å². The molecule has 0 atom stereocenters. The summed E-state index contributed by atoms with van der Waals surface area (Å²) in [6, 6.07) is 3.73. The van der Waals surface area contributed by atoms with E-state index in [0.29, 0.717) is 17.2 Å². The highest BCUT2D eigenvalue weighted by molar-refractivity contribution is 5.50. The van der Waals surface area contributed by atoms with Gasteiger partial charge in [-0.25, -0.2) is 9.97 Å². The second-order valence-electron chi connectivity index (χ2n) is 2.90. The third kappa shape index (κ3) is 1.91. The number of rotatable bonds is 2. The molecular formula is C9H8N6. The highest BCUT2D eigenvalue weighted by atomic mass is 15.2. The van der Waals surface area contributed by atoms with Crippen molar-refractivity contribution in [3.8, 4) is 6.07 Å². The smallest absolute Gasteiger partial charge is 0.161 e. The maximum atomic E-state index is 8.68. The van der Waals surface area contributed by atoms with Gasteiger partial charge in [0.25, 0.3) is 0 Å². The van der Waals surface area contributed by atoms with Gasteiger partial charge >= 0.3 is 0 Å². The minimum absolute atomic E-state index is 0.338. The van der Waals surface area contributed by atoms with E-state index in [9.17, 15) is 0 Å². The lowest BCUT2D eigenvalue weighted by molar-refractivity contribution is 1.06. The molecule has 0 bridgehead atoms. The van der Waals surface area contributed by atoms with Crippen molar-refractivity contribution < 1.29 is 0 Å². The Kier molecular flexibility index (Phi) is 2.29. The molecule has 2 N–H and O–H groups in total. The van der Waals surface area contributed by atoms with Crippen LogP contribution in [0.1, 0.15) is 11.4 Å². The Morgan fingerprint density at radius 1 is 1.53 bits per heavy atom. The van der Waals surface area contributed by atoms with Crippen molar-refractivity contribution in [1.82, 2.24) is 20.2 Å². The lowest BCUT2D eigenvalue weighted by atomic mass is 10.3. The van der Waals surface area contributed by atoms with E-state index in [1.54, 1.807) is 19.2 Å². The van der Waals surface area contributed by atoms with Gasteiger partial charge in [0.2, 0.25) is 0 Å². The summed E-state index contributed by atoms with van der Waals surface area (Å²) in [5, 5.41) is 18.2. The molecule has 2 heterocycles. The maximum Gasteiger partial charge on any atom is 0.161 e. The molecule has 6 heteroatoms. The molecule has 0 spiro atoms. The summed E-state index contributed by atoms with van der Waals surface area (Å²) in [5.74, 6) is 1.31. The second kappa shape index (κ2) is 3.75. The fourth-order valence-corrected chi connectivity index (χ4v) is 1.12. The van der Waals surface area contributed by atoms with Crippen molar-refractivity contribution in [2.24, 2.45) is 0 Å². The molecule has 0 saturated heterocycles. The van der Waals surface area contributed by atoms with Crippen LogP contribution in [-0.2, 0) is 0 Å². The molecular weight excluding hydrogens is 192 g/mol. The first-order chi connectivity index (χ1) is 7.29. The minimum atomic E-state index is 0.338. The van der Waals surface area contributed by atoms with Gasteiger partial charge in [-0.1, -0.05) is 0 Å². The molecule has 0 aliphatic carbocycles. The van der Waals surface area contributed by atoms with Crippen LogP contribution in [0.25, 0.3) is 0 Å². The number of nitrogens with one attached hydrogen (secondary N) is 2. The zero-order valence-electron chi connectivity index (χ0n) is 8.02. The molecule has 2 aromatic heterocycles. The molecule has 2 aromatic rings. The van der Waals surface area contributed by atoms with E-state index in [1.807, 2.05) is 6.07 Å². The normalized spacial score (nSPS) is 9.60. The van der Waals surface area contributed by atoms with Crippen LogP contribution >= 0.6 is 0 Å². The number of anilines is 2. The predicted molar refractivity (Wildman–Crippen MR) is 53.4 cm³/mol. The van der Waals surface area contributed by atoms with E-state index < -0.39 is 0 Å². The lowest BCUT2D eigenvalue weighted by Crippen LogP contribution is -1.99. The Morgan fingerprint density at radius 3 is 3.00 bits per heavy atom. The van der Waals surface area contributed by atoms with Crippen molar-refractivity contribution >= 4 is 11.6 Å². The standard InChI is InChI=1S/C9H8N6/c1-6-7(4-10)11-5-9(13-6)14-8-2-3-12-15-8/h2-3,5H,1H3,(H2,12,13,14,15). The Balaban J connectivity index is 2.24. The number of nitrogens with zero attached hydrogens (tertiary/aromatic N) is 4. The van der Waals surface area contributed by atoms with Gasteiger partial charge in [-0.3, -0.25) is 5.10 Å². The fraction of sp³-hybridized carbons (Fsp3) is 0.111. The van der Waals surface area contributed by atoms with Crippen LogP contribution in [0, 0.1) is 18.3 Å². The number of H-pyrrole nitrogens is 1. The first-order valence-electron chi connectivity index (χ1n) is 4.30. The average Bonchev–Trinajstić information content (AvgIpc) is 2.71. The molecule has 2 rings (SSSR count). The van der Waals surface area contributed by atoms with Crippen LogP contribution < -0.4 is 5.32 Å². The monoisotopic (exact) mass is 200 g/mol. The molecule has 0 aromatic carbocycles. The quantitative estimate of drug-likeness (QED) is 0.758. The minimum Gasteiger partial charge on any atom is -0.324 e. The maximum absolute atomic E-state index is 8.68. The van der Waals surface area contributed by atoms with Gasteiger partial charge in [0.15, 0.2) is 5.69 Å².